The topological polar surface area (TPSA) is 110 Å². The Labute approximate surface area is 135 Å². The van der Waals surface area contributed by atoms with Gasteiger partial charge in [-0.05, 0) is 13.8 Å². The molecule has 124 valence electrons. The fraction of sp³-hybridized carbons (Fsp3) is 0.667. The van der Waals surface area contributed by atoms with E-state index in [9.17, 15) is 8.42 Å². The molecule has 0 unspecified atom stereocenters. The van der Waals surface area contributed by atoms with Crippen molar-refractivity contribution < 1.29 is 13.2 Å². The highest BCUT2D eigenvalue weighted by Crippen LogP contribution is 2.15. The van der Waals surface area contributed by atoms with Gasteiger partial charge < -0.3 is 15.8 Å². The molecule has 0 spiro atoms. The van der Waals surface area contributed by atoms with Crippen LogP contribution in [0.4, 0.5) is 11.8 Å². The zero-order valence-corrected chi connectivity index (χ0v) is 14.1. The summed E-state index contributed by atoms with van der Waals surface area (Å²) in [5.41, 5.74) is 5.48. The standard InChI is InChI=1S/C12H20ClN5O3S/c1-8-6-18(7-9(2)21-8)22(19,20)4-3-15-11-5-10(13)16-12(14)17-11/h5,8-9H,3-4,6-7H2,1-2H3,(H3,14,15,16,17)/t8-,9-/m1/s1. The summed E-state index contributed by atoms with van der Waals surface area (Å²) in [5.74, 6) is 0.388. The molecule has 2 atom stereocenters. The van der Waals surface area contributed by atoms with E-state index in [2.05, 4.69) is 15.3 Å². The third kappa shape index (κ3) is 4.67. The van der Waals surface area contributed by atoms with Crippen LogP contribution in [0.5, 0.6) is 0 Å². The Bertz CT molecular complexity index is 597. The molecule has 1 aromatic rings. The van der Waals surface area contributed by atoms with Gasteiger partial charge in [-0.1, -0.05) is 11.6 Å². The van der Waals surface area contributed by atoms with E-state index in [1.165, 1.54) is 10.4 Å². The van der Waals surface area contributed by atoms with Crippen molar-refractivity contribution in [2.75, 3.05) is 36.4 Å². The molecule has 1 aliphatic heterocycles. The van der Waals surface area contributed by atoms with E-state index in [1.54, 1.807) is 0 Å². The van der Waals surface area contributed by atoms with Gasteiger partial charge in [0.1, 0.15) is 11.0 Å². The molecular formula is C12H20ClN5O3S. The minimum atomic E-state index is -3.36. The van der Waals surface area contributed by atoms with Crippen molar-refractivity contribution in [2.24, 2.45) is 0 Å². The van der Waals surface area contributed by atoms with Gasteiger partial charge in [-0.25, -0.2) is 13.4 Å². The third-order valence-electron chi connectivity index (χ3n) is 3.16. The Hall–Kier alpha value is -1.16. The highest BCUT2D eigenvalue weighted by atomic mass is 35.5. The molecule has 8 nitrogen and oxygen atoms in total. The molecule has 0 amide bonds. The number of ether oxygens (including phenoxy) is 1. The maximum absolute atomic E-state index is 12.3. The van der Waals surface area contributed by atoms with Gasteiger partial charge in [-0.2, -0.15) is 9.29 Å². The second-order valence-electron chi connectivity index (χ2n) is 5.25. The largest absolute Gasteiger partial charge is 0.373 e. The smallest absolute Gasteiger partial charge is 0.223 e. The number of aromatic nitrogens is 2. The van der Waals surface area contributed by atoms with Crippen LogP contribution in [0.1, 0.15) is 13.8 Å². The predicted octanol–water partition coefficient (Wildman–Crippen LogP) is 0.563. The van der Waals surface area contributed by atoms with Crippen LogP contribution in [0, 0.1) is 0 Å². The molecule has 1 fully saturated rings. The lowest BCUT2D eigenvalue weighted by Gasteiger charge is -2.34. The molecule has 1 saturated heterocycles. The number of morpholine rings is 1. The Morgan fingerprint density at radius 1 is 1.41 bits per heavy atom. The number of hydrogen-bond donors (Lipinski definition) is 2. The second kappa shape index (κ2) is 6.95. The lowest BCUT2D eigenvalue weighted by Crippen LogP contribution is -2.49. The Morgan fingerprint density at radius 3 is 2.64 bits per heavy atom. The van der Waals surface area contributed by atoms with Crippen molar-refractivity contribution in [3.8, 4) is 0 Å². The van der Waals surface area contributed by atoms with Crippen LogP contribution in [0.3, 0.4) is 0 Å². The molecule has 22 heavy (non-hydrogen) atoms. The highest BCUT2D eigenvalue weighted by Gasteiger charge is 2.30. The number of nitrogen functional groups attached to an aromatic ring is 1. The van der Waals surface area contributed by atoms with Gasteiger partial charge in [-0.15, -0.1) is 0 Å². The third-order valence-corrected chi connectivity index (χ3v) is 5.16. The number of halogens is 1. The van der Waals surface area contributed by atoms with Gasteiger partial charge in [-0.3, -0.25) is 0 Å². The molecule has 0 aromatic carbocycles. The first kappa shape index (κ1) is 17.2. The molecule has 1 aliphatic rings. The lowest BCUT2D eigenvalue weighted by molar-refractivity contribution is -0.0440. The Kier molecular flexibility index (Phi) is 5.43. The van der Waals surface area contributed by atoms with Crippen molar-refractivity contribution in [1.82, 2.24) is 14.3 Å². The molecule has 1 aromatic heterocycles. The minimum Gasteiger partial charge on any atom is -0.373 e. The van der Waals surface area contributed by atoms with Gasteiger partial charge in [0.15, 0.2) is 0 Å². The van der Waals surface area contributed by atoms with Crippen molar-refractivity contribution in [3.63, 3.8) is 0 Å². The summed E-state index contributed by atoms with van der Waals surface area (Å²) < 4.78 is 31.7. The van der Waals surface area contributed by atoms with Crippen LogP contribution in [0.2, 0.25) is 5.15 Å². The first-order chi connectivity index (χ1) is 10.3. The number of anilines is 2. The number of sulfonamides is 1. The summed E-state index contributed by atoms with van der Waals surface area (Å²) in [4.78, 5) is 7.67. The van der Waals surface area contributed by atoms with Crippen LogP contribution < -0.4 is 11.1 Å². The average molecular weight is 350 g/mol. The van der Waals surface area contributed by atoms with Crippen molar-refractivity contribution in [2.45, 2.75) is 26.1 Å². The summed E-state index contributed by atoms with van der Waals surface area (Å²) in [5, 5.41) is 3.09. The summed E-state index contributed by atoms with van der Waals surface area (Å²) >= 11 is 5.76. The zero-order valence-electron chi connectivity index (χ0n) is 12.5. The normalized spacial score (nSPS) is 23.4. The number of hydrogen-bond acceptors (Lipinski definition) is 7. The van der Waals surface area contributed by atoms with Gasteiger partial charge >= 0.3 is 0 Å². The minimum absolute atomic E-state index is 0.0358. The van der Waals surface area contributed by atoms with Gasteiger partial charge in [0.05, 0.1) is 18.0 Å². The fourth-order valence-corrected chi connectivity index (χ4v) is 4.00. The molecule has 0 saturated carbocycles. The summed E-state index contributed by atoms with van der Waals surface area (Å²) in [6.07, 6.45) is -0.209. The monoisotopic (exact) mass is 349 g/mol. The molecule has 2 rings (SSSR count). The average Bonchev–Trinajstić information content (AvgIpc) is 2.36. The molecule has 10 heteroatoms. The van der Waals surface area contributed by atoms with Crippen molar-refractivity contribution in [3.05, 3.63) is 11.2 Å². The van der Waals surface area contributed by atoms with Gasteiger partial charge in [0, 0.05) is 25.7 Å². The van der Waals surface area contributed by atoms with Crippen molar-refractivity contribution in [1.29, 1.82) is 0 Å². The quantitative estimate of drug-likeness (QED) is 0.747. The van der Waals surface area contributed by atoms with Gasteiger partial charge in [0.2, 0.25) is 16.0 Å². The summed E-state index contributed by atoms with van der Waals surface area (Å²) in [7, 11) is -3.36. The van der Waals surface area contributed by atoms with Crippen LogP contribution in [-0.4, -0.2) is 60.3 Å². The molecule has 0 bridgehead atoms. The second-order valence-corrected chi connectivity index (χ2v) is 7.73. The number of rotatable bonds is 5. The molecule has 0 aliphatic carbocycles. The summed E-state index contributed by atoms with van der Waals surface area (Å²) in [6.45, 7) is 4.68. The molecular weight excluding hydrogens is 330 g/mol. The van der Waals surface area contributed by atoms with Crippen molar-refractivity contribution >= 4 is 33.4 Å². The fourth-order valence-electron chi connectivity index (χ4n) is 2.32. The first-order valence-corrected chi connectivity index (χ1v) is 8.92. The Morgan fingerprint density at radius 2 is 2.05 bits per heavy atom. The zero-order chi connectivity index (χ0) is 16.3. The van der Waals surface area contributed by atoms with Crippen LogP contribution in [0.25, 0.3) is 0 Å². The van der Waals surface area contributed by atoms with Crippen LogP contribution in [0.15, 0.2) is 6.07 Å². The van der Waals surface area contributed by atoms with Crippen LogP contribution in [-0.2, 0) is 14.8 Å². The van der Waals surface area contributed by atoms with E-state index in [0.29, 0.717) is 18.9 Å². The number of nitrogens with one attached hydrogen (secondary N) is 1. The number of nitrogens with two attached hydrogens (primary N) is 1. The molecule has 2 heterocycles. The molecule has 0 radical (unpaired) electrons. The SMILES string of the molecule is C[C@@H]1CN(S(=O)(=O)CCNc2cc(Cl)nc(N)n2)C[C@@H](C)O1. The van der Waals surface area contributed by atoms with Gasteiger partial charge in [0.25, 0.3) is 0 Å². The van der Waals surface area contributed by atoms with Crippen LogP contribution >= 0.6 is 11.6 Å². The first-order valence-electron chi connectivity index (χ1n) is 6.93. The number of nitrogens with zero attached hydrogens (tertiary/aromatic N) is 3. The lowest BCUT2D eigenvalue weighted by atomic mass is 10.3. The maximum Gasteiger partial charge on any atom is 0.223 e. The van der Waals surface area contributed by atoms with E-state index < -0.39 is 10.0 Å². The van der Waals surface area contributed by atoms with E-state index in [-0.39, 0.29) is 35.6 Å². The van der Waals surface area contributed by atoms with E-state index in [1.807, 2.05) is 13.8 Å². The molecule has 3 N–H and O–H groups in total. The predicted molar refractivity (Wildman–Crippen MR) is 85.3 cm³/mol. The highest BCUT2D eigenvalue weighted by molar-refractivity contribution is 7.89. The Balaban J connectivity index is 1.92. The maximum atomic E-state index is 12.3. The summed E-state index contributed by atoms with van der Waals surface area (Å²) in [6, 6.07) is 1.49. The van der Waals surface area contributed by atoms with E-state index >= 15 is 0 Å². The van der Waals surface area contributed by atoms with E-state index in [4.69, 9.17) is 22.1 Å². The van der Waals surface area contributed by atoms with E-state index in [0.717, 1.165) is 0 Å².